The summed E-state index contributed by atoms with van der Waals surface area (Å²) in [6.45, 7) is 3.71. The van der Waals surface area contributed by atoms with Crippen LogP contribution in [-0.2, 0) is 9.84 Å². The number of para-hydroxylation sites is 2. The van der Waals surface area contributed by atoms with E-state index in [4.69, 9.17) is 4.98 Å². The van der Waals surface area contributed by atoms with Crippen molar-refractivity contribution >= 4 is 26.7 Å². The average Bonchev–Trinajstić information content (AvgIpc) is 2.74. The van der Waals surface area contributed by atoms with Gasteiger partial charge in [0, 0.05) is 13.1 Å². The molecule has 4 rings (SSSR count). The summed E-state index contributed by atoms with van der Waals surface area (Å²) in [6.07, 6.45) is 2.12. The highest BCUT2D eigenvalue weighted by molar-refractivity contribution is 7.92. The maximum Gasteiger partial charge on any atom is 0.200 e. The van der Waals surface area contributed by atoms with Crippen LogP contribution in [0.3, 0.4) is 0 Å². The normalized spacial score (nSPS) is 18.3. The van der Waals surface area contributed by atoms with E-state index in [-0.39, 0.29) is 10.6 Å². The smallest absolute Gasteiger partial charge is 0.200 e. The molecule has 0 unspecified atom stereocenters. The first kappa shape index (κ1) is 19.3. The molecule has 6 nitrogen and oxygen atoms in total. The van der Waals surface area contributed by atoms with Crippen molar-refractivity contribution < 1.29 is 8.42 Å². The van der Waals surface area contributed by atoms with Crippen molar-refractivity contribution in [3.63, 3.8) is 0 Å². The van der Waals surface area contributed by atoms with Gasteiger partial charge in [0.05, 0.1) is 22.0 Å². The molecular formula is C22H22N4O2S. The van der Waals surface area contributed by atoms with Crippen molar-refractivity contribution in [1.29, 1.82) is 5.26 Å². The molecule has 29 heavy (non-hydrogen) atoms. The Balaban J connectivity index is 1.90. The minimum Gasteiger partial charge on any atom is -0.355 e. The lowest BCUT2D eigenvalue weighted by molar-refractivity contribution is 0.443. The van der Waals surface area contributed by atoms with Crippen LogP contribution in [0.15, 0.2) is 59.5 Å². The molecule has 0 saturated carbocycles. The summed E-state index contributed by atoms with van der Waals surface area (Å²) in [4.78, 5) is 11.6. The molecule has 2 heterocycles. The zero-order valence-electron chi connectivity index (χ0n) is 16.2. The van der Waals surface area contributed by atoms with Crippen LogP contribution < -0.4 is 4.90 Å². The van der Waals surface area contributed by atoms with Crippen LogP contribution in [0.5, 0.6) is 0 Å². The molecule has 2 atom stereocenters. The third-order valence-corrected chi connectivity index (χ3v) is 7.16. The standard InChI is InChI=1S/C22H22N4O2S/c1-16-8-7-13-26(15-16)22-21(24-18-11-5-6-12-19(18)25-22)20(14-23)29(27,28)17-9-3-2-4-10-17/h2-6,9-12,16,20H,7-8,13,15H2,1H3/t16-,20-/m1/s1. The Morgan fingerprint density at radius 1 is 1.07 bits per heavy atom. The number of sulfone groups is 1. The van der Waals surface area contributed by atoms with Crippen molar-refractivity contribution in [2.24, 2.45) is 5.92 Å². The monoisotopic (exact) mass is 406 g/mol. The fraction of sp³-hybridized carbons (Fsp3) is 0.318. The zero-order chi connectivity index (χ0) is 20.4. The van der Waals surface area contributed by atoms with Crippen LogP contribution in [0.4, 0.5) is 5.82 Å². The fourth-order valence-corrected chi connectivity index (χ4v) is 5.22. The van der Waals surface area contributed by atoms with E-state index in [2.05, 4.69) is 16.8 Å². The van der Waals surface area contributed by atoms with E-state index in [0.29, 0.717) is 22.8 Å². The SMILES string of the molecule is C[C@@H]1CCCN(c2nc3ccccc3nc2[C@@H](C#N)S(=O)(=O)c2ccccc2)C1. The second kappa shape index (κ2) is 7.80. The van der Waals surface area contributed by atoms with Crippen molar-refractivity contribution in [3.8, 4) is 6.07 Å². The van der Waals surface area contributed by atoms with E-state index >= 15 is 0 Å². The molecule has 1 aromatic heterocycles. The van der Waals surface area contributed by atoms with Gasteiger partial charge >= 0.3 is 0 Å². The van der Waals surface area contributed by atoms with Crippen LogP contribution in [0.2, 0.25) is 0 Å². The molecule has 2 aromatic carbocycles. The number of anilines is 1. The average molecular weight is 407 g/mol. The predicted molar refractivity (Wildman–Crippen MR) is 112 cm³/mol. The fourth-order valence-electron chi connectivity index (χ4n) is 3.82. The third kappa shape index (κ3) is 3.68. The van der Waals surface area contributed by atoms with Crippen molar-refractivity contribution in [1.82, 2.24) is 9.97 Å². The molecule has 0 aliphatic carbocycles. The number of benzene rings is 2. The van der Waals surface area contributed by atoms with Gasteiger partial charge in [0.1, 0.15) is 5.69 Å². The minimum atomic E-state index is -3.94. The second-order valence-electron chi connectivity index (χ2n) is 7.48. The van der Waals surface area contributed by atoms with E-state index in [0.717, 1.165) is 25.9 Å². The van der Waals surface area contributed by atoms with Crippen LogP contribution in [0.25, 0.3) is 11.0 Å². The first-order chi connectivity index (χ1) is 14.0. The van der Waals surface area contributed by atoms with Gasteiger partial charge in [-0.25, -0.2) is 18.4 Å². The van der Waals surface area contributed by atoms with Crippen molar-refractivity contribution in [2.45, 2.75) is 29.9 Å². The van der Waals surface area contributed by atoms with Crippen LogP contribution in [-0.4, -0.2) is 31.5 Å². The maximum atomic E-state index is 13.3. The number of hydrogen-bond donors (Lipinski definition) is 0. The molecule has 7 heteroatoms. The molecule has 0 N–H and O–H groups in total. The summed E-state index contributed by atoms with van der Waals surface area (Å²) in [7, 11) is -3.94. The predicted octanol–water partition coefficient (Wildman–Crippen LogP) is 3.90. The zero-order valence-corrected chi connectivity index (χ0v) is 17.0. The molecule has 148 valence electrons. The number of hydrogen-bond acceptors (Lipinski definition) is 6. The van der Waals surface area contributed by atoms with Gasteiger partial charge in [-0.1, -0.05) is 37.3 Å². The van der Waals surface area contributed by atoms with Gasteiger partial charge in [0.25, 0.3) is 0 Å². The van der Waals surface area contributed by atoms with Gasteiger partial charge < -0.3 is 4.90 Å². The van der Waals surface area contributed by atoms with Crippen molar-refractivity contribution in [2.75, 3.05) is 18.0 Å². The quantitative estimate of drug-likeness (QED) is 0.653. The molecule has 0 spiro atoms. The number of nitrogens with zero attached hydrogens (tertiary/aromatic N) is 4. The lowest BCUT2D eigenvalue weighted by Crippen LogP contribution is -2.36. The summed E-state index contributed by atoms with van der Waals surface area (Å²) >= 11 is 0. The van der Waals surface area contributed by atoms with E-state index in [1.807, 2.05) is 24.3 Å². The number of fused-ring (bicyclic) bond motifs is 1. The van der Waals surface area contributed by atoms with Gasteiger partial charge in [-0.05, 0) is 43.0 Å². The lowest BCUT2D eigenvalue weighted by atomic mass is 10.00. The highest BCUT2D eigenvalue weighted by Crippen LogP contribution is 2.35. The largest absolute Gasteiger partial charge is 0.355 e. The molecule has 1 fully saturated rings. The van der Waals surface area contributed by atoms with Gasteiger partial charge in [-0.15, -0.1) is 0 Å². The molecule has 1 saturated heterocycles. The number of nitriles is 1. The van der Waals surface area contributed by atoms with Crippen molar-refractivity contribution in [3.05, 3.63) is 60.3 Å². The first-order valence-electron chi connectivity index (χ1n) is 9.71. The Bertz CT molecular complexity index is 1170. The van der Waals surface area contributed by atoms with Crippen LogP contribution >= 0.6 is 0 Å². The highest BCUT2D eigenvalue weighted by Gasteiger charge is 2.35. The van der Waals surface area contributed by atoms with Crippen LogP contribution in [0.1, 0.15) is 30.7 Å². The Kier molecular flexibility index (Phi) is 5.20. The maximum absolute atomic E-state index is 13.3. The number of piperidine rings is 1. The summed E-state index contributed by atoms with van der Waals surface area (Å²) in [5, 5.41) is 8.49. The number of aromatic nitrogens is 2. The van der Waals surface area contributed by atoms with E-state index in [1.165, 1.54) is 12.1 Å². The Morgan fingerprint density at radius 2 is 1.72 bits per heavy atom. The van der Waals surface area contributed by atoms with Gasteiger partial charge in [0.15, 0.2) is 11.1 Å². The van der Waals surface area contributed by atoms with E-state index < -0.39 is 15.1 Å². The molecule has 1 aliphatic rings. The second-order valence-corrected chi connectivity index (χ2v) is 9.51. The molecule has 0 amide bonds. The summed E-state index contributed by atoms with van der Waals surface area (Å²) in [5.41, 5.74) is 1.49. The molecule has 1 aliphatic heterocycles. The van der Waals surface area contributed by atoms with Gasteiger partial charge in [-0.2, -0.15) is 5.26 Å². The molecule has 0 radical (unpaired) electrons. The summed E-state index contributed by atoms with van der Waals surface area (Å²) < 4.78 is 26.6. The molecule has 0 bridgehead atoms. The summed E-state index contributed by atoms with van der Waals surface area (Å²) in [5.74, 6) is 0.970. The Labute approximate surface area is 170 Å². The Morgan fingerprint density at radius 3 is 2.38 bits per heavy atom. The Hall–Kier alpha value is -2.98. The van der Waals surface area contributed by atoms with E-state index in [9.17, 15) is 13.7 Å². The third-order valence-electron chi connectivity index (χ3n) is 5.28. The minimum absolute atomic E-state index is 0.111. The molecular weight excluding hydrogens is 384 g/mol. The lowest BCUT2D eigenvalue weighted by Gasteiger charge is -2.33. The molecule has 3 aromatic rings. The topological polar surface area (TPSA) is 86.9 Å². The van der Waals surface area contributed by atoms with Gasteiger partial charge in [-0.3, -0.25) is 0 Å². The highest BCUT2D eigenvalue weighted by atomic mass is 32.2. The number of rotatable bonds is 4. The van der Waals surface area contributed by atoms with Gasteiger partial charge in [0.2, 0.25) is 9.84 Å². The summed E-state index contributed by atoms with van der Waals surface area (Å²) in [6, 6.07) is 17.4. The first-order valence-corrected chi connectivity index (χ1v) is 11.3. The van der Waals surface area contributed by atoms with Crippen LogP contribution in [0, 0.1) is 17.2 Å². The van der Waals surface area contributed by atoms with E-state index in [1.54, 1.807) is 24.3 Å².